The predicted molar refractivity (Wildman–Crippen MR) is 327 cm³/mol. The molecule has 7 atom stereocenters. The summed E-state index contributed by atoms with van der Waals surface area (Å²) in [7, 11) is 0. The topological polar surface area (TPSA) is 149 Å². The normalized spacial score (nSPS) is 19.5. The molecule has 77 heavy (non-hydrogen) atoms. The molecule has 1 aliphatic heterocycles. The average molecular weight is 1080 g/mol. The van der Waals surface area contributed by atoms with Gasteiger partial charge in [0.15, 0.2) is 6.29 Å². The van der Waals surface area contributed by atoms with Crippen LogP contribution in [0.3, 0.4) is 0 Å². The highest BCUT2D eigenvalue weighted by atomic mass is 16.7. The van der Waals surface area contributed by atoms with Gasteiger partial charge in [-0.2, -0.15) is 0 Å². The van der Waals surface area contributed by atoms with E-state index in [9.17, 15) is 30.3 Å². The van der Waals surface area contributed by atoms with Crippen molar-refractivity contribution in [1.29, 1.82) is 0 Å². The van der Waals surface area contributed by atoms with Crippen molar-refractivity contribution in [3.05, 3.63) is 109 Å². The molecule has 1 rings (SSSR count). The highest BCUT2D eigenvalue weighted by molar-refractivity contribution is 5.76. The highest BCUT2D eigenvalue weighted by Crippen LogP contribution is 2.23. The first-order chi connectivity index (χ1) is 37.8. The zero-order chi connectivity index (χ0) is 55.8. The van der Waals surface area contributed by atoms with Crippen LogP contribution in [0.1, 0.15) is 258 Å². The number of hydrogen-bond donors (Lipinski definition) is 6. The van der Waals surface area contributed by atoms with Gasteiger partial charge in [-0.3, -0.25) is 4.79 Å². The van der Waals surface area contributed by atoms with Gasteiger partial charge >= 0.3 is 0 Å². The van der Waals surface area contributed by atoms with E-state index in [1.807, 2.05) is 6.08 Å². The molecule has 0 radical (unpaired) electrons. The summed E-state index contributed by atoms with van der Waals surface area (Å²) < 4.78 is 11.3. The fraction of sp³-hybridized carbons (Fsp3) is 0.721. The number of unbranched alkanes of at least 4 members (excludes halogenated alkanes) is 27. The van der Waals surface area contributed by atoms with Gasteiger partial charge < -0.3 is 40.3 Å². The van der Waals surface area contributed by atoms with Crippen molar-refractivity contribution in [1.82, 2.24) is 5.32 Å². The summed E-state index contributed by atoms with van der Waals surface area (Å²) in [5, 5.41) is 54.6. The van der Waals surface area contributed by atoms with Gasteiger partial charge in [-0.05, 0) is 89.9 Å². The van der Waals surface area contributed by atoms with E-state index in [1.165, 1.54) is 148 Å². The van der Waals surface area contributed by atoms with E-state index >= 15 is 0 Å². The average Bonchev–Trinajstić information content (AvgIpc) is 3.43. The minimum atomic E-state index is -1.59. The summed E-state index contributed by atoms with van der Waals surface area (Å²) in [5.74, 6) is -0.221. The van der Waals surface area contributed by atoms with Crippen molar-refractivity contribution in [2.75, 3.05) is 13.2 Å². The van der Waals surface area contributed by atoms with Crippen LogP contribution in [0.15, 0.2) is 109 Å². The van der Waals surface area contributed by atoms with Crippen LogP contribution >= 0.6 is 0 Å². The predicted octanol–water partition coefficient (Wildman–Crippen LogP) is 16.5. The summed E-state index contributed by atoms with van der Waals surface area (Å²) >= 11 is 0. The second-order valence-electron chi connectivity index (χ2n) is 21.5. The van der Waals surface area contributed by atoms with Crippen LogP contribution in [0.2, 0.25) is 0 Å². The van der Waals surface area contributed by atoms with Crippen molar-refractivity contribution in [3.63, 3.8) is 0 Å². The van der Waals surface area contributed by atoms with Crippen LogP contribution < -0.4 is 5.32 Å². The van der Waals surface area contributed by atoms with Crippen molar-refractivity contribution in [2.24, 2.45) is 0 Å². The van der Waals surface area contributed by atoms with Gasteiger partial charge in [0, 0.05) is 6.42 Å². The number of rotatable bonds is 53. The third-order valence-electron chi connectivity index (χ3n) is 14.3. The van der Waals surface area contributed by atoms with Crippen LogP contribution in [0.25, 0.3) is 0 Å². The number of carbonyl (C=O) groups is 1. The van der Waals surface area contributed by atoms with Crippen LogP contribution in [0.4, 0.5) is 0 Å². The molecule has 0 aromatic carbocycles. The Kier molecular flexibility index (Phi) is 52.4. The fourth-order valence-corrected chi connectivity index (χ4v) is 9.39. The van der Waals surface area contributed by atoms with Crippen molar-refractivity contribution in [3.8, 4) is 0 Å². The number of hydrogen-bond acceptors (Lipinski definition) is 8. The van der Waals surface area contributed by atoms with Gasteiger partial charge in [-0.15, -0.1) is 0 Å². The van der Waals surface area contributed by atoms with Crippen LogP contribution in [-0.4, -0.2) is 87.5 Å². The quantitative estimate of drug-likeness (QED) is 0.0261. The molecule has 9 nitrogen and oxygen atoms in total. The van der Waals surface area contributed by atoms with Crippen LogP contribution in [-0.2, 0) is 14.3 Å². The van der Waals surface area contributed by atoms with E-state index < -0.39 is 49.5 Å². The van der Waals surface area contributed by atoms with Crippen molar-refractivity contribution >= 4 is 5.91 Å². The molecule has 6 N–H and O–H groups in total. The Morgan fingerprint density at radius 2 is 0.818 bits per heavy atom. The third kappa shape index (κ3) is 45.3. The van der Waals surface area contributed by atoms with Gasteiger partial charge in [0.2, 0.25) is 5.91 Å². The Hall–Kier alpha value is -3.15. The van der Waals surface area contributed by atoms with E-state index in [-0.39, 0.29) is 12.5 Å². The first-order valence-electron chi connectivity index (χ1n) is 31.6. The minimum absolute atomic E-state index is 0.221. The highest BCUT2D eigenvalue weighted by Gasteiger charge is 2.44. The Morgan fingerprint density at radius 3 is 1.25 bits per heavy atom. The van der Waals surface area contributed by atoms with E-state index in [4.69, 9.17) is 9.47 Å². The molecule has 9 heteroatoms. The van der Waals surface area contributed by atoms with Gasteiger partial charge in [-0.1, -0.05) is 271 Å². The van der Waals surface area contributed by atoms with Gasteiger partial charge in [0.1, 0.15) is 24.4 Å². The van der Waals surface area contributed by atoms with Crippen molar-refractivity contribution in [2.45, 2.75) is 301 Å². The monoisotopic (exact) mass is 1080 g/mol. The molecule has 442 valence electrons. The maximum absolute atomic E-state index is 13.1. The first kappa shape index (κ1) is 71.9. The zero-order valence-electron chi connectivity index (χ0n) is 49.2. The van der Waals surface area contributed by atoms with Gasteiger partial charge in [0.25, 0.3) is 0 Å². The molecular weight excluding hydrogens is 959 g/mol. The Morgan fingerprint density at radius 1 is 0.455 bits per heavy atom. The minimum Gasteiger partial charge on any atom is -0.394 e. The summed E-state index contributed by atoms with van der Waals surface area (Å²) in [4.78, 5) is 13.1. The largest absolute Gasteiger partial charge is 0.394 e. The SMILES string of the molecule is CC/C=C\C/C=C\C/C=C\C/C=C\C/C=C\C/C=C\C/C=C\CCCCCC(=O)NC(COC1OC(CO)C(O)C(O)C1O)C(O)/C=C/CC/C=C/CCCCCCCCCCCCCCCCCCCCCCCCC. The summed E-state index contributed by atoms with van der Waals surface area (Å²) in [6.45, 7) is 3.64. The molecule has 1 fully saturated rings. The molecule has 0 aliphatic carbocycles. The molecule has 0 bridgehead atoms. The van der Waals surface area contributed by atoms with Crippen LogP contribution in [0, 0.1) is 0 Å². The number of aliphatic hydroxyl groups is 5. The molecular formula is C68H117NO8. The maximum Gasteiger partial charge on any atom is 0.220 e. The number of nitrogens with one attached hydrogen (secondary N) is 1. The molecule has 0 spiro atoms. The van der Waals surface area contributed by atoms with E-state index in [0.29, 0.717) is 12.8 Å². The van der Waals surface area contributed by atoms with Crippen molar-refractivity contribution < 1.29 is 39.8 Å². The Balaban J connectivity index is 2.25. The summed E-state index contributed by atoms with van der Waals surface area (Å²) in [6.07, 6.45) is 76.0. The third-order valence-corrected chi connectivity index (χ3v) is 14.3. The molecule has 0 saturated carbocycles. The van der Waals surface area contributed by atoms with Gasteiger partial charge in [0.05, 0.1) is 25.4 Å². The fourth-order valence-electron chi connectivity index (χ4n) is 9.39. The smallest absolute Gasteiger partial charge is 0.220 e. The standard InChI is InChI=1S/C68H117NO8/c1-3-5-7-9-11-13-15-17-19-21-23-25-27-29-30-31-32-34-35-37-39-41-43-45-47-49-51-53-55-57-62(71)61(60-76-68-67(75)66(74)65(73)63(59-70)77-68)69-64(72)58-56-54-52-50-48-46-44-42-40-38-36-33-28-26-24-22-20-18-16-14-12-10-8-6-4-2/h6,8,12,14,18,20,24,26,33,36,40,42,46-49,55,57,61-63,65-68,70-71,73-75H,3-5,7,9-11,13,15-17,19,21-23,25,27-32,34-35,37-39,41,43-45,50-54,56,58-60H2,1-2H3,(H,69,72)/b8-6-,14-12-,20-18-,26-24-,36-33-,42-40-,48-46-,49-47+,57-55+. The Labute approximate surface area is 472 Å². The van der Waals surface area contributed by atoms with Gasteiger partial charge in [-0.25, -0.2) is 0 Å². The second-order valence-corrected chi connectivity index (χ2v) is 21.5. The second kappa shape index (κ2) is 56.1. The molecule has 1 heterocycles. The number of amides is 1. The lowest BCUT2D eigenvalue weighted by atomic mass is 9.99. The molecule has 1 amide bonds. The lowest BCUT2D eigenvalue weighted by molar-refractivity contribution is -0.302. The Bertz CT molecular complexity index is 1580. The van der Waals surface area contributed by atoms with E-state index in [2.05, 4.69) is 116 Å². The number of ether oxygens (including phenoxy) is 2. The molecule has 7 unspecified atom stereocenters. The summed E-state index contributed by atoms with van der Waals surface area (Å²) in [6, 6.07) is -0.850. The lowest BCUT2D eigenvalue weighted by Gasteiger charge is -2.40. The lowest BCUT2D eigenvalue weighted by Crippen LogP contribution is -2.60. The molecule has 1 aliphatic rings. The molecule has 0 aromatic rings. The summed E-state index contributed by atoms with van der Waals surface area (Å²) in [5.41, 5.74) is 0. The maximum atomic E-state index is 13.1. The molecule has 1 saturated heterocycles. The van der Waals surface area contributed by atoms with Crippen LogP contribution in [0.5, 0.6) is 0 Å². The number of carbonyl (C=O) groups excluding carboxylic acids is 1. The molecule has 0 aromatic heterocycles. The number of aliphatic hydroxyl groups excluding tert-OH is 5. The zero-order valence-corrected chi connectivity index (χ0v) is 49.2. The van der Waals surface area contributed by atoms with E-state index in [1.54, 1.807) is 6.08 Å². The van der Waals surface area contributed by atoms with E-state index in [0.717, 1.165) is 83.5 Å². The number of allylic oxidation sites excluding steroid dienone is 17. The first-order valence-corrected chi connectivity index (χ1v) is 31.6.